The Balaban J connectivity index is 1.08. The Labute approximate surface area is 403 Å². The zero-order chi connectivity index (χ0) is 46.8. The number of nitrogens with zero attached hydrogens (tertiary/aromatic N) is 2. The molecule has 1 aliphatic heterocycles. The van der Waals surface area contributed by atoms with Crippen LogP contribution in [0.1, 0.15) is 52.7 Å². The van der Waals surface area contributed by atoms with Crippen molar-refractivity contribution >= 4 is 112 Å². The molecule has 2 aromatic heterocycles. The molecular weight excluding hydrogens is 838 g/mol. The van der Waals surface area contributed by atoms with Gasteiger partial charge in [-0.15, -0.1) is 0 Å². The van der Waals surface area contributed by atoms with Crippen LogP contribution >= 0.6 is 0 Å². The smallest absolute Gasteiger partial charge is 0.197 e. The minimum absolute atomic E-state index is 0.0250. The number of para-hydroxylation sites is 3. The van der Waals surface area contributed by atoms with Crippen LogP contribution in [0.4, 0.5) is 28.4 Å². The first-order valence-corrected chi connectivity index (χ1v) is 24.2. The zero-order valence-electron chi connectivity index (χ0n) is 39.9. The molecule has 1 aliphatic rings. The van der Waals surface area contributed by atoms with Crippen LogP contribution in [0.3, 0.4) is 0 Å². The second kappa shape index (κ2) is 15.2. The van der Waals surface area contributed by atoms with E-state index in [1.165, 1.54) is 71.1 Å². The van der Waals surface area contributed by atoms with Crippen LogP contribution < -0.4 is 21.1 Å². The van der Waals surface area contributed by atoms with Crippen LogP contribution in [0, 0.1) is 0 Å². The normalized spacial score (nSPS) is 12.6. The average Bonchev–Trinajstić information content (AvgIpc) is 3.92. The first-order valence-electron chi connectivity index (χ1n) is 24.2. The van der Waals surface area contributed by atoms with Crippen molar-refractivity contribution in [2.24, 2.45) is 0 Å². The molecule has 0 saturated heterocycles. The summed E-state index contributed by atoms with van der Waals surface area (Å²) in [6, 6.07) is 71.4. The van der Waals surface area contributed by atoms with Gasteiger partial charge in [-0.25, -0.2) is 0 Å². The van der Waals surface area contributed by atoms with Gasteiger partial charge in [-0.2, -0.15) is 0 Å². The third-order valence-corrected chi connectivity index (χ3v) is 14.5. The van der Waals surface area contributed by atoms with E-state index in [1.807, 2.05) is 6.07 Å². The van der Waals surface area contributed by atoms with Crippen molar-refractivity contribution in [1.29, 1.82) is 0 Å². The van der Waals surface area contributed by atoms with E-state index in [0.717, 1.165) is 61.5 Å². The van der Waals surface area contributed by atoms with Crippen LogP contribution in [-0.4, -0.2) is 11.8 Å². The van der Waals surface area contributed by atoms with E-state index in [2.05, 4.69) is 252 Å². The molecule has 0 spiro atoms. The van der Waals surface area contributed by atoms with Gasteiger partial charge in [0.1, 0.15) is 5.58 Å². The summed E-state index contributed by atoms with van der Waals surface area (Å²) in [5, 5.41) is 13.7. The topological polar surface area (TPSA) is 33.3 Å². The van der Waals surface area contributed by atoms with E-state index < -0.39 is 0 Å². The highest BCUT2D eigenvalue weighted by Crippen LogP contribution is 2.45. The molecule has 0 amide bonds. The number of nitrogens with one attached hydrogen (secondary N) is 1. The van der Waals surface area contributed by atoms with E-state index in [9.17, 15) is 0 Å². The van der Waals surface area contributed by atoms with Crippen molar-refractivity contribution in [3.8, 4) is 16.8 Å². The van der Waals surface area contributed by atoms with Gasteiger partial charge in [0.2, 0.25) is 0 Å². The monoisotopic (exact) mass is 888 g/mol. The third kappa shape index (κ3) is 6.59. The predicted molar refractivity (Wildman–Crippen MR) is 295 cm³/mol. The number of benzene rings is 10. The second-order valence-electron chi connectivity index (χ2n) is 20.9. The molecule has 13 rings (SSSR count). The lowest BCUT2D eigenvalue weighted by molar-refractivity contribution is 0.590. The van der Waals surface area contributed by atoms with Gasteiger partial charge < -0.3 is 19.2 Å². The molecule has 0 atom stereocenters. The van der Waals surface area contributed by atoms with Gasteiger partial charge in [-0.05, 0) is 110 Å². The highest BCUT2D eigenvalue weighted by Gasteiger charge is 2.29. The van der Waals surface area contributed by atoms with Crippen LogP contribution in [0.2, 0.25) is 0 Å². The summed E-state index contributed by atoms with van der Waals surface area (Å²) in [5.41, 5.74) is 17.7. The van der Waals surface area contributed by atoms with E-state index in [1.54, 1.807) is 0 Å². The van der Waals surface area contributed by atoms with Crippen molar-refractivity contribution in [2.75, 3.05) is 10.2 Å². The molecule has 0 saturated carbocycles. The van der Waals surface area contributed by atoms with Gasteiger partial charge in [-0.1, -0.05) is 180 Å². The van der Waals surface area contributed by atoms with Gasteiger partial charge >= 0.3 is 0 Å². The Morgan fingerprint density at radius 2 is 1.09 bits per heavy atom. The minimum atomic E-state index is 0.0250. The van der Waals surface area contributed by atoms with Crippen LogP contribution in [0.25, 0.3) is 82.1 Å². The number of furan rings is 1. The molecule has 12 aromatic rings. The zero-order valence-corrected chi connectivity index (χ0v) is 39.9. The third-order valence-electron chi connectivity index (χ3n) is 14.5. The maximum atomic E-state index is 6.69. The summed E-state index contributed by atoms with van der Waals surface area (Å²) in [5.74, 6) is 0. The molecular formula is C64H51BN3O. The maximum absolute atomic E-state index is 6.69. The number of aromatic nitrogens is 1. The highest BCUT2D eigenvalue weighted by atomic mass is 16.3. The molecule has 1 radical (unpaired) electrons. The first kappa shape index (κ1) is 41.2. The van der Waals surface area contributed by atoms with E-state index >= 15 is 0 Å². The van der Waals surface area contributed by atoms with Crippen LogP contribution in [-0.2, 0) is 10.8 Å². The Morgan fingerprint density at radius 3 is 1.81 bits per heavy atom. The lowest BCUT2D eigenvalue weighted by Gasteiger charge is -2.29. The first-order chi connectivity index (χ1) is 33.5. The summed E-state index contributed by atoms with van der Waals surface area (Å²) in [4.78, 5) is 2.39. The molecule has 69 heavy (non-hydrogen) atoms. The quantitative estimate of drug-likeness (QED) is 0.169. The summed E-state index contributed by atoms with van der Waals surface area (Å²) < 4.78 is 9.24. The Bertz CT molecular complexity index is 3970. The molecule has 0 fully saturated rings. The Kier molecular flexibility index (Phi) is 9.10. The number of hydrogen-bond acceptors (Lipinski definition) is 3. The summed E-state index contributed by atoms with van der Waals surface area (Å²) in [7, 11) is 2.43. The second-order valence-corrected chi connectivity index (χ2v) is 20.9. The van der Waals surface area contributed by atoms with Gasteiger partial charge in [-0.3, -0.25) is 0 Å². The van der Waals surface area contributed by atoms with Crippen molar-refractivity contribution in [2.45, 2.75) is 52.4 Å². The van der Waals surface area contributed by atoms with Gasteiger partial charge in [0.25, 0.3) is 0 Å². The van der Waals surface area contributed by atoms with E-state index in [4.69, 9.17) is 4.42 Å². The fourth-order valence-corrected chi connectivity index (χ4v) is 11.0. The van der Waals surface area contributed by atoms with Crippen molar-refractivity contribution in [3.63, 3.8) is 0 Å². The molecule has 4 nitrogen and oxygen atoms in total. The lowest BCUT2D eigenvalue weighted by atomic mass is 9.58. The average molecular weight is 889 g/mol. The molecule has 0 unspecified atom stereocenters. The van der Waals surface area contributed by atoms with Gasteiger partial charge in [0.15, 0.2) is 12.9 Å². The maximum Gasteiger partial charge on any atom is 0.197 e. The highest BCUT2D eigenvalue weighted by molar-refractivity contribution is 6.74. The van der Waals surface area contributed by atoms with E-state index in [0.29, 0.717) is 0 Å². The van der Waals surface area contributed by atoms with E-state index in [-0.39, 0.29) is 10.8 Å². The molecule has 10 aromatic carbocycles. The predicted octanol–water partition coefficient (Wildman–Crippen LogP) is 16.4. The number of rotatable bonds is 6. The van der Waals surface area contributed by atoms with Gasteiger partial charge in [0, 0.05) is 66.4 Å². The SMILES string of the molecule is CC(C)(C)c1ccc(N(c2ccc(C(C)(C)C)cc2)c2ccc(-c3cc4ccccc4c4c3[B]c3cccc5c6c7ccccc7ccc6n-4c35)c(Nc3cccc4c3oc3ccccc34)c2)cc1. The molecule has 331 valence electrons. The molecule has 1 N–H and O–H groups in total. The molecule has 0 aliphatic carbocycles. The van der Waals surface area contributed by atoms with Crippen molar-refractivity contribution in [3.05, 3.63) is 205 Å². The molecule has 0 bridgehead atoms. The minimum Gasteiger partial charge on any atom is -0.454 e. The lowest BCUT2D eigenvalue weighted by Crippen LogP contribution is -2.37. The number of anilines is 5. The Hall–Kier alpha value is -8.02. The van der Waals surface area contributed by atoms with Crippen LogP contribution in [0.15, 0.2) is 199 Å². The number of hydrogen-bond donors (Lipinski definition) is 1. The summed E-state index contributed by atoms with van der Waals surface area (Å²) in [6.07, 6.45) is 0. The molecule has 5 heteroatoms. The Morgan fingerprint density at radius 1 is 0.478 bits per heavy atom. The fraction of sp³-hybridized carbons (Fsp3) is 0.125. The summed E-state index contributed by atoms with van der Waals surface area (Å²) in [6.45, 7) is 13.6. The number of fused-ring (bicyclic) bond motifs is 12. The van der Waals surface area contributed by atoms with Crippen molar-refractivity contribution < 1.29 is 4.42 Å². The fourth-order valence-electron chi connectivity index (χ4n) is 11.0. The standard InChI is InChI=1S/C64H51BN3O/c1-63(2,3)41-26-30-43(31-27-41)67(44-32-28-42(29-33-44)64(4,5)6)45-34-35-48(55(38-45)66-54-23-14-20-50-49-19-11-12-24-57(49)69-62(50)54)52-37-40-16-8-10-18-47(40)61-59(52)65-53-22-13-21-51-58-46-17-9-7-15-39(46)25-36-56(58)68(61)60(51)53/h7-38,66H,1-6H3. The van der Waals surface area contributed by atoms with Crippen molar-refractivity contribution in [1.82, 2.24) is 4.57 Å². The largest absolute Gasteiger partial charge is 0.454 e. The summed E-state index contributed by atoms with van der Waals surface area (Å²) >= 11 is 0. The van der Waals surface area contributed by atoms with Crippen LogP contribution in [0.5, 0.6) is 0 Å². The van der Waals surface area contributed by atoms with Gasteiger partial charge in [0.05, 0.1) is 11.2 Å². The molecule has 3 heterocycles.